The van der Waals surface area contributed by atoms with E-state index in [1.165, 1.54) is 0 Å². The minimum atomic E-state index is -0.931. The van der Waals surface area contributed by atoms with Crippen LogP contribution >= 0.6 is 0 Å². The normalized spacial score (nSPS) is 23.1. The number of nitrogens with two attached hydrogens (primary N) is 1. The van der Waals surface area contributed by atoms with Crippen LogP contribution in [0.1, 0.15) is 36.0 Å². The van der Waals surface area contributed by atoms with Crippen molar-refractivity contribution in [3.8, 4) is 0 Å². The summed E-state index contributed by atoms with van der Waals surface area (Å²) in [6.45, 7) is 0. The number of carbonyl (C=O) groups is 1. The summed E-state index contributed by atoms with van der Waals surface area (Å²) in [7, 11) is 0. The zero-order valence-corrected chi connectivity index (χ0v) is 10.3. The predicted molar refractivity (Wildman–Crippen MR) is 66.5 cm³/mol. The van der Waals surface area contributed by atoms with E-state index < -0.39 is 17.5 Å². The SMILES string of the molecule is Nc1cc(C(=O)NC2CCC(O)CC2)c(F)cc1F. The van der Waals surface area contributed by atoms with Gasteiger partial charge in [-0.3, -0.25) is 4.79 Å². The van der Waals surface area contributed by atoms with Crippen LogP contribution in [0.5, 0.6) is 0 Å². The fourth-order valence-corrected chi connectivity index (χ4v) is 2.22. The predicted octanol–water partition coefficient (Wildman–Crippen LogP) is 1.58. The molecule has 1 aromatic carbocycles. The van der Waals surface area contributed by atoms with Crippen LogP contribution in [-0.2, 0) is 0 Å². The molecule has 1 aliphatic carbocycles. The summed E-state index contributed by atoms with van der Waals surface area (Å²) in [5, 5.41) is 12.0. The number of anilines is 1. The van der Waals surface area contributed by atoms with Crippen molar-refractivity contribution in [2.24, 2.45) is 0 Å². The van der Waals surface area contributed by atoms with Gasteiger partial charge < -0.3 is 16.2 Å². The molecule has 2 rings (SSSR count). The average Bonchev–Trinajstić information content (AvgIpc) is 2.36. The molecule has 6 heteroatoms. The van der Waals surface area contributed by atoms with Gasteiger partial charge in [0.05, 0.1) is 17.4 Å². The Morgan fingerprint density at radius 1 is 1.21 bits per heavy atom. The Kier molecular flexibility index (Phi) is 3.99. The molecule has 1 aliphatic rings. The number of hydrogen-bond acceptors (Lipinski definition) is 3. The number of nitrogen functional groups attached to an aromatic ring is 1. The zero-order valence-electron chi connectivity index (χ0n) is 10.3. The lowest BCUT2D eigenvalue weighted by Crippen LogP contribution is -2.39. The summed E-state index contributed by atoms with van der Waals surface area (Å²) in [4.78, 5) is 11.9. The summed E-state index contributed by atoms with van der Waals surface area (Å²) >= 11 is 0. The van der Waals surface area contributed by atoms with Crippen LogP contribution in [-0.4, -0.2) is 23.2 Å². The third kappa shape index (κ3) is 3.20. The van der Waals surface area contributed by atoms with E-state index >= 15 is 0 Å². The van der Waals surface area contributed by atoms with Gasteiger partial charge in [-0.2, -0.15) is 0 Å². The van der Waals surface area contributed by atoms with Crippen molar-refractivity contribution in [3.63, 3.8) is 0 Å². The van der Waals surface area contributed by atoms with E-state index in [9.17, 15) is 18.7 Å². The number of rotatable bonds is 2. The van der Waals surface area contributed by atoms with E-state index in [1.807, 2.05) is 0 Å². The molecule has 0 saturated heterocycles. The molecule has 19 heavy (non-hydrogen) atoms. The van der Waals surface area contributed by atoms with Crippen molar-refractivity contribution >= 4 is 11.6 Å². The number of amides is 1. The van der Waals surface area contributed by atoms with Crippen LogP contribution < -0.4 is 11.1 Å². The van der Waals surface area contributed by atoms with Gasteiger partial charge in [-0.25, -0.2) is 8.78 Å². The van der Waals surface area contributed by atoms with Gasteiger partial charge in [-0.1, -0.05) is 0 Å². The first-order valence-electron chi connectivity index (χ1n) is 6.21. The lowest BCUT2D eigenvalue weighted by molar-refractivity contribution is 0.0864. The first-order chi connectivity index (χ1) is 8.97. The number of aliphatic hydroxyl groups is 1. The Labute approximate surface area is 109 Å². The fourth-order valence-electron chi connectivity index (χ4n) is 2.22. The number of carbonyl (C=O) groups excluding carboxylic acids is 1. The van der Waals surface area contributed by atoms with Gasteiger partial charge in [-0.15, -0.1) is 0 Å². The molecule has 1 fully saturated rings. The van der Waals surface area contributed by atoms with E-state index in [0.717, 1.165) is 6.07 Å². The molecule has 0 heterocycles. The molecule has 4 N–H and O–H groups in total. The second kappa shape index (κ2) is 5.52. The molecule has 104 valence electrons. The van der Waals surface area contributed by atoms with E-state index in [4.69, 9.17) is 5.73 Å². The van der Waals surface area contributed by atoms with Gasteiger partial charge in [0.25, 0.3) is 5.91 Å². The van der Waals surface area contributed by atoms with Crippen molar-refractivity contribution in [3.05, 3.63) is 29.3 Å². The van der Waals surface area contributed by atoms with Crippen LogP contribution in [0.3, 0.4) is 0 Å². The third-order valence-corrected chi connectivity index (χ3v) is 3.36. The van der Waals surface area contributed by atoms with E-state index in [0.29, 0.717) is 31.7 Å². The number of hydrogen-bond donors (Lipinski definition) is 3. The topological polar surface area (TPSA) is 75.4 Å². The molecule has 1 saturated carbocycles. The van der Waals surface area contributed by atoms with Gasteiger partial charge >= 0.3 is 0 Å². The standard InChI is InChI=1S/C13H16F2N2O2/c14-10-6-11(15)12(16)5-9(10)13(19)17-7-1-3-8(18)4-2-7/h5-8,18H,1-4,16H2,(H,17,19). The molecule has 0 spiro atoms. The summed E-state index contributed by atoms with van der Waals surface area (Å²) in [5.41, 5.74) is 4.81. The van der Waals surface area contributed by atoms with Crippen LogP contribution in [0.25, 0.3) is 0 Å². The zero-order chi connectivity index (χ0) is 14.0. The van der Waals surface area contributed by atoms with Gasteiger partial charge in [0.1, 0.15) is 11.6 Å². The smallest absolute Gasteiger partial charge is 0.254 e. The second-order valence-corrected chi connectivity index (χ2v) is 4.83. The molecule has 0 aromatic heterocycles. The van der Waals surface area contributed by atoms with Gasteiger partial charge in [0, 0.05) is 12.1 Å². The van der Waals surface area contributed by atoms with Crippen molar-refractivity contribution in [2.75, 3.05) is 5.73 Å². The minimum absolute atomic E-state index is 0.0958. The molecule has 1 amide bonds. The number of benzene rings is 1. The summed E-state index contributed by atoms with van der Waals surface area (Å²) in [6, 6.07) is 1.51. The first-order valence-corrected chi connectivity index (χ1v) is 6.21. The largest absolute Gasteiger partial charge is 0.396 e. The maximum absolute atomic E-state index is 13.5. The molecule has 4 nitrogen and oxygen atoms in total. The first kappa shape index (κ1) is 13.7. The highest BCUT2D eigenvalue weighted by Gasteiger charge is 2.23. The maximum atomic E-state index is 13.5. The van der Waals surface area contributed by atoms with Crippen molar-refractivity contribution in [2.45, 2.75) is 37.8 Å². The van der Waals surface area contributed by atoms with Crippen LogP contribution in [0.15, 0.2) is 12.1 Å². The Hall–Kier alpha value is -1.69. The van der Waals surface area contributed by atoms with Crippen LogP contribution in [0.4, 0.5) is 14.5 Å². The van der Waals surface area contributed by atoms with Gasteiger partial charge in [0.2, 0.25) is 0 Å². The van der Waals surface area contributed by atoms with Crippen LogP contribution in [0, 0.1) is 11.6 Å². The highest BCUT2D eigenvalue weighted by atomic mass is 19.1. The minimum Gasteiger partial charge on any atom is -0.396 e. The highest BCUT2D eigenvalue weighted by molar-refractivity contribution is 5.95. The lowest BCUT2D eigenvalue weighted by atomic mass is 9.93. The summed E-state index contributed by atoms with van der Waals surface area (Å²) in [6.07, 6.45) is 2.18. The Morgan fingerprint density at radius 3 is 2.47 bits per heavy atom. The molecular formula is C13H16F2N2O2. The molecule has 0 bridgehead atoms. The molecule has 0 unspecified atom stereocenters. The fraction of sp³-hybridized carbons (Fsp3) is 0.462. The lowest BCUT2D eigenvalue weighted by Gasteiger charge is -2.26. The van der Waals surface area contributed by atoms with Gasteiger partial charge in [0.15, 0.2) is 0 Å². The summed E-state index contributed by atoms with van der Waals surface area (Å²) < 4.78 is 26.5. The van der Waals surface area contributed by atoms with Gasteiger partial charge in [-0.05, 0) is 31.7 Å². The number of aliphatic hydroxyl groups excluding tert-OH is 1. The number of nitrogens with one attached hydrogen (secondary N) is 1. The highest BCUT2D eigenvalue weighted by Crippen LogP contribution is 2.20. The quantitative estimate of drug-likeness (QED) is 0.714. The van der Waals surface area contributed by atoms with Crippen molar-refractivity contribution in [1.29, 1.82) is 0 Å². The van der Waals surface area contributed by atoms with E-state index in [2.05, 4.69) is 5.32 Å². The summed E-state index contributed by atoms with van der Waals surface area (Å²) in [5.74, 6) is -2.42. The van der Waals surface area contributed by atoms with Crippen molar-refractivity contribution in [1.82, 2.24) is 5.32 Å². The van der Waals surface area contributed by atoms with E-state index in [1.54, 1.807) is 0 Å². The molecule has 0 radical (unpaired) electrons. The Morgan fingerprint density at radius 2 is 1.84 bits per heavy atom. The maximum Gasteiger partial charge on any atom is 0.254 e. The van der Waals surface area contributed by atoms with Crippen LogP contribution in [0.2, 0.25) is 0 Å². The number of halogens is 2. The molecule has 1 aromatic rings. The Bertz CT molecular complexity index is 486. The Balaban J connectivity index is 2.06. The molecule has 0 atom stereocenters. The second-order valence-electron chi connectivity index (χ2n) is 4.83. The molecular weight excluding hydrogens is 254 g/mol. The average molecular weight is 270 g/mol. The molecule has 0 aliphatic heterocycles. The third-order valence-electron chi connectivity index (χ3n) is 3.36. The monoisotopic (exact) mass is 270 g/mol. The van der Waals surface area contributed by atoms with Crippen molar-refractivity contribution < 1.29 is 18.7 Å². The van der Waals surface area contributed by atoms with E-state index in [-0.39, 0.29) is 23.4 Å².